The molecule has 1 saturated carbocycles. The van der Waals surface area contributed by atoms with Crippen molar-refractivity contribution in [2.24, 2.45) is 5.92 Å². The van der Waals surface area contributed by atoms with Gasteiger partial charge in [-0.05, 0) is 76.1 Å². The second-order valence-electron chi connectivity index (χ2n) is 12.6. The summed E-state index contributed by atoms with van der Waals surface area (Å²) >= 11 is 0. The van der Waals surface area contributed by atoms with Gasteiger partial charge in [0.2, 0.25) is 0 Å². The van der Waals surface area contributed by atoms with Crippen molar-refractivity contribution in [1.29, 1.82) is 0 Å². The van der Waals surface area contributed by atoms with Crippen LogP contribution in [0.15, 0.2) is 48.8 Å². The van der Waals surface area contributed by atoms with E-state index in [-0.39, 0.29) is 12.1 Å². The molecule has 0 radical (unpaired) electrons. The first-order valence-electron chi connectivity index (χ1n) is 15.0. The number of carbonyl (C=O) groups excluding carboxylic acids is 1. The lowest BCUT2D eigenvalue weighted by Crippen LogP contribution is -2.53. The molecule has 2 aliphatic rings. The third-order valence-electron chi connectivity index (χ3n) is 8.37. The predicted molar refractivity (Wildman–Crippen MR) is 163 cm³/mol. The maximum Gasteiger partial charge on any atom is 0.410 e. The Morgan fingerprint density at radius 3 is 2.64 bits per heavy atom. The van der Waals surface area contributed by atoms with E-state index in [1.54, 1.807) is 13.3 Å². The summed E-state index contributed by atoms with van der Waals surface area (Å²) in [5, 5.41) is 17.0. The Hall–Kier alpha value is -4.08. The molecule has 6 rings (SSSR count). The second-order valence-corrected chi connectivity index (χ2v) is 12.6. The highest BCUT2D eigenvalue weighted by Crippen LogP contribution is 2.32. The molecule has 0 bridgehead atoms. The maximum absolute atomic E-state index is 13.2. The highest BCUT2D eigenvalue weighted by atomic mass is 16.6. The molecule has 0 unspecified atom stereocenters. The zero-order chi connectivity index (χ0) is 29.3. The fourth-order valence-electron chi connectivity index (χ4n) is 5.94. The number of H-pyrrole nitrogens is 1. The lowest BCUT2D eigenvalue weighted by atomic mass is 9.84. The van der Waals surface area contributed by atoms with Gasteiger partial charge in [0.25, 0.3) is 0 Å². The number of benzene rings is 2. The maximum atomic E-state index is 13.2. The normalized spacial score (nSPS) is 17.7. The van der Waals surface area contributed by atoms with Gasteiger partial charge < -0.3 is 19.3 Å². The first kappa shape index (κ1) is 28.1. The first-order valence-corrected chi connectivity index (χ1v) is 15.0. The zero-order valence-electron chi connectivity index (χ0n) is 25.0. The Bertz CT molecular complexity index is 1520. The highest BCUT2D eigenvalue weighted by Gasteiger charge is 2.34. The van der Waals surface area contributed by atoms with E-state index in [1.807, 2.05) is 48.7 Å². The van der Waals surface area contributed by atoms with Crippen molar-refractivity contribution in [1.82, 2.24) is 30.1 Å². The van der Waals surface area contributed by atoms with Crippen molar-refractivity contribution in [3.8, 4) is 17.0 Å². The van der Waals surface area contributed by atoms with Gasteiger partial charge in [-0.1, -0.05) is 23.8 Å². The number of rotatable bonds is 8. The summed E-state index contributed by atoms with van der Waals surface area (Å²) in [6.07, 6.45) is 9.31. The van der Waals surface area contributed by atoms with Crippen LogP contribution in [0.4, 0.5) is 10.5 Å². The Balaban J connectivity index is 1.13. The molecular formula is C32H41N7O3. The van der Waals surface area contributed by atoms with E-state index in [9.17, 15) is 4.79 Å². The first-order chi connectivity index (χ1) is 20.3. The van der Waals surface area contributed by atoms with Crippen molar-refractivity contribution >= 4 is 22.7 Å². The van der Waals surface area contributed by atoms with Crippen molar-refractivity contribution in [3.05, 3.63) is 54.4 Å². The number of hydrogen-bond acceptors (Lipinski definition) is 7. The molecule has 10 nitrogen and oxygen atoms in total. The minimum absolute atomic E-state index is 0.153. The van der Waals surface area contributed by atoms with Crippen molar-refractivity contribution in [3.63, 3.8) is 0 Å². The highest BCUT2D eigenvalue weighted by molar-refractivity contribution is 5.94. The van der Waals surface area contributed by atoms with Gasteiger partial charge in [-0.15, -0.1) is 5.10 Å². The van der Waals surface area contributed by atoms with E-state index >= 15 is 0 Å². The van der Waals surface area contributed by atoms with Crippen LogP contribution in [0.3, 0.4) is 0 Å². The van der Waals surface area contributed by atoms with Crippen molar-refractivity contribution in [2.75, 3.05) is 31.6 Å². The number of anilines is 1. The number of fused-ring (bicyclic) bond motifs is 1. The Morgan fingerprint density at radius 1 is 1.12 bits per heavy atom. The van der Waals surface area contributed by atoms with E-state index in [0.29, 0.717) is 12.5 Å². The SMILES string of the molecule is COc1cc(-c2cn(Cc3ccc(N4CCC[C@@H](N(CC5CCC5)C(=O)OC(C)(C)C)C4)cc3)nn2)c2cn[nH]c2c1. The number of aromatic nitrogens is 5. The summed E-state index contributed by atoms with van der Waals surface area (Å²) in [5.74, 6) is 1.34. The molecule has 1 atom stereocenters. The van der Waals surface area contributed by atoms with Gasteiger partial charge in [-0.25, -0.2) is 9.48 Å². The molecule has 2 aromatic carbocycles. The summed E-state index contributed by atoms with van der Waals surface area (Å²) in [6, 6.07) is 12.7. The number of piperidine rings is 1. The van der Waals surface area contributed by atoms with Gasteiger partial charge in [-0.2, -0.15) is 5.10 Å². The second kappa shape index (κ2) is 11.7. The van der Waals surface area contributed by atoms with Gasteiger partial charge >= 0.3 is 6.09 Å². The summed E-state index contributed by atoms with van der Waals surface area (Å²) in [6.45, 7) is 9.04. The number of ether oxygens (including phenoxy) is 2. The van der Waals surface area contributed by atoms with E-state index in [1.165, 1.54) is 24.9 Å². The molecule has 2 aromatic heterocycles. The molecule has 1 aliphatic carbocycles. The standard InChI is InChI=1S/C32H41N7O3/c1-32(2,3)42-31(40)39(19-22-7-5-8-22)25-9-6-14-37(20-25)24-12-10-23(11-13-24)18-38-21-30(35-36-38)27-15-26(41-4)16-29-28(27)17-33-34-29/h10-13,15-17,21-22,25H,5-9,14,18-20H2,1-4H3,(H,33,34)/t25-/m1/s1. The van der Waals surface area contributed by atoms with Gasteiger partial charge in [0.15, 0.2) is 0 Å². The van der Waals surface area contributed by atoms with Crippen molar-refractivity contribution < 1.29 is 14.3 Å². The largest absolute Gasteiger partial charge is 0.497 e. The quantitative estimate of drug-likeness (QED) is 0.282. The fourth-order valence-corrected chi connectivity index (χ4v) is 5.94. The Kier molecular flexibility index (Phi) is 7.79. The monoisotopic (exact) mass is 571 g/mol. The topological polar surface area (TPSA) is 101 Å². The third-order valence-corrected chi connectivity index (χ3v) is 8.37. The van der Waals surface area contributed by atoms with Gasteiger partial charge in [0.1, 0.15) is 17.0 Å². The van der Waals surface area contributed by atoms with E-state index in [4.69, 9.17) is 9.47 Å². The molecule has 1 saturated heterocycles. The van der Waals surface area contributed by atoms with Crippen LogP contribution in [-0.4, -0.2) is 74.6 Å². The smallest absolute Gasteiger partial charge is 0.410 e. The lowest BCUT2D eigenvalue weighted by molar-refractivity contribution is 0.00736. The molecule has 0 spiro atoms. The minimum Gasteiger partial charge on any atom is -0.497 e. The number of amides is 1. The average molecular weight is 572 g/mol. The molecule has 2 fully saturated rings. The van der Waals surface area contributed by atoms with Gasteiger partial charge in [0, 0.05) is 42.3 Å². The molecule has 3 heterocycles. The Labute approximate surface area is 247 Å². The van der Waals surface area contributed by atoms with Crippen LogP contribution >= 0.6 is 0 Å². The molecule has 1 N–H and O–H groups in total. The molecule has 4 aromatic rings. The van der Waals surface area contributed by atoms with E-state index in [0.717, 1.165) is 65.9 Å². The minimum atomic E-state index is -0.497. The van der Waals surface area contributed by atoms with Crippen molar-refractivity contribution in [2.45, 2.75) is 71.1 Å². The van der Waals surface area contributed by atoms with Crippen LogP contribution in [0.5, 0.6) is 5.75 Å². The Morgan fingerprint density at radius 2 is 1.93 bits per heavy atom. The fraction of sp³-hybridized carbons (Fsp3) is 0.500. The average Bonchev–Trinajstić information content (AvgIpc) is 3.61. The number of methoxy groups -OCH3 is 1. The van der Waals surface area contributed by atoms with Crippen LogP contribution in [0, 0.1) is 5.92 Å². The molecule has 1 amide bonds. The number of nitrogens with zero attached hydrogens (tertiary/aromatic N) is 6. The van der Waals surface area contributed by atoms with Crippen LogP contribution in [0.1, 0.15) is 58.4 Å². The molecular weight excluding hydrogens is 530 g/mol. The van der Waals surface area contributed by atoms with Crippen LogP contribution in [-0.2, 0) is 11.3 Å². The molecule has 10 heteroatoms. The summed E-state index contributed by atoms with van der Waals surface area (Å²) in [4.78, 5) is 17.7. The zero-order valence-corrected chi connectivity index (χ0v) is 25.0. The van der Waals surface area contributed by atoms with Crippen LogP contribution < -0.4 is 9.64 Å². The van der Waals surface area contributed by atoms with Crippen LogP contribution in [0.25, 0.3) is 22.2 Å². The van der Waals surface area contributed by atoms with E-state index in [2.05, 4.69) is 49.7 Å². The molecule has 1 aliphatic heterocycles. The van der Waals surface area contributed by atoms with Gasteiger partial charge in [0.05, 0.1) is 37.6 Å². The predicted octanol–water partition coefficient (Wildman–Crippen LogP) is 5.88. The lowest BCUT2D eigenvalue weighted by Gasteiger charge is -2.43. The third kappa shape index (κ3) is 6.22. The number of carbonyl (C=O) groups is 1. The van der Waals surface area contributed by atoms with E-state index < -0.39 is 5.60 Å². The summed E-state index contributed by atoms with van der Waals surface area (Å²) in [5.41, 5.74) is 4.41. The summed E-state index contributed by atoms with van der Waals surface area (Å²) in [7, 11) is 1.65. The summed E-state index contributed by atoms with van der Waals surface area (Å²) < 4.78 is 13.2. The number of hydrogen-bond donors (Lipinski definition) is 1. The number of aromatic amines is 1. The molecule has 222 valence electrons. The molecule has 42 heavy (non-hydrogen) atoms. The van der Waals surface area contributed by atoms with Crippen LogP contribution in [0.2, 0.25) is 0 Å². The van der Waals surface area contributed by atoms with Gasteiger partial charge in [-0.3, -0.25) is 5.10 Å². The number of nitrogens with one attached hydrogen (secondary N) is 1.